The van der Waals surface area contributed by atoms with Crippen molar-refractivity contribution >= 4 is 12.1 Å². The van der Waals surface area contributed by atoms with E-state index in [9.17, 15) is 9.59 Å². The monoisotopic (exact) mass is 214 g/mol. The molecule has 0 aromatic heterocycles. The van der Waals surface area contributed by atoms with E-state index in [-0.39, 0.29) is 19.8 Å². The fraction of sp³-hybridized carbons (Fsp3) is 0.600. The highest BCUT2D eigenvalue weighted by Gasteiger charge is 2.37. The van der Waals surface area contributed by atoms with Crippen molar-refractivity contribution in [1.29, 1.82) is 0 Å². The maximum Gasteiger partial charge on any atom is 0.508 e. The van der Waals surface area contributed by atoms with Gasteiger partial charge in [0.1, 0.15) is 19.8 Å². The third-order valence-corrected chi connectivity index (χ3v) is 2.43. The Balaban J connectivity index is 2.50. The molecule has 0 amide bonds. The SMILES string of the molecule is C=CC(=O)OCC1(CC)COC(=O)OC1. The maximum atomic E-state index is 10.9. The van der Waals surface area contributed by atoms with Crippen LogP contribution >= 0.6 is 0 Å². The molecule has 0 atom stereocenters. The number of carbonyl (C=O) groups is 2. The highest BCUT2D eigenvalue weighted by atomic mass is 16.7. The summed E-state index contributed by atoms with van der Waals surface area (Å²) in [4.78, 5) is 21.6. The van der Waals surface area contributed by atoms with E-state index in [0.29, 0.717) is 6.42 Å². The van der Waals surface area contributed by atoms with Gasteiger partial charge in [-0.05, 0) is 6.42 Å². The first-order valence-electron chi connectivity index (χ1n) is 4.70. The van der Waals surface area contributed by atoms with E-state index in [4.69, 9.17) is 14.2 Å². The van der Waals surface area contributed by atoms with Gasteiger partial charge in [-0.3, -0.25) is 0 Å². The molecular formula is C10H14O5. The summed E-state index contributed by atoms with van der Waals surface area (Å²) in [5.74, 6) is -0.486. The highest BCUT2D eigenvalue weighted by Crippen LogP contribution is 2.27. The Labute approximate surface area is 88.0 Å². The van der Waals surface area contributed by atoms with Gasteiger partial charge in [0.15, 0.2) is 0 Å². The lowest BCUT2D eigenvalue weighted by molar-refractivity contribution is -0.147. The van der Waals surface area contributed by atoms with E-state index < -0.39 is 17.5 Å². The second-order valence-electron chi connectivity index (χ2n) is 3.49. The Kier molecular flexibility index (Phi) is 3.71. The number of cyclic esters (lactones) is 2. The topological polar surface area (TPSA) is 61.8 Å². The van der Waals surface area contributed by atoms with Crippen LogP contribution in [0.2, 0.25) is 0 Å². The first-order valence-corrected chi connectivity index (χ1v) is 4.70. The minimum atomic E-state index is -0.672. The molecule has 84 valence electrons. The van der Waals surface area contributed by atoms with Crippen molar-refractivity contribution in [2.45, 2.75) is 13.3 Å². The summed E-state index contributed by atoms with van der Waals surface area (Å²) in [6, 6.07) is 0. The summed E-state index contributed by atoms with van der Waals surface area (Å²) in [7, 11) is 0. The quantitative estimate of drug-likeness (QED) is 0.521. The Morgan fingerprint density at radius 2 is 2.20 bits per heavy atom. The van der Waals surface area contributed by atoms with Crippen LogP contribution in [0.1, 0.15) is 13.3 Å². The van der Waals surface area contributed by atoms with Gasteiger partial charge in [0.25, 0.3) is 0 Å². The van der Waals surface area contributed by atoms with Crippen LogP contribution in [-0.2, 0) is 19.0 Å². The van der Waals surface area contributed by atoms with Crippen molar-refractivity contribution < 1.29 is 23.8 Å². The number of esters is 1. The zero-order valence-electron chi connectivity index (χ0n) is 8.65. The number of carbonyl (C=O) groups excluding carboxylic acids is 2. The molecule has 0 aromatic carbocycles. The zero-order valence-corrected chi connectivity index (χ0v) is 8.65. The predicted molar refractivity (Wildman–Crippen MR) is 51.2 cm³/mol. The lowest BCUT2D eigenvalue weighted by Crippen LogP contribution is -2.42. The molecule has 0 N–H and O–H groups in total. The smallest absolute Gasteiger partial charge is 0.462 e. The van der Waals surface area contributed by atoms with E-state index in [0.717, 1.165) is 6.08 Å². The van der Waals surface area contributed by atoms with Crippen molar-refractivity contribution in [1.82, 2.24) is 0 Å². The molecule has 15 heavy (non-hydrogen) atoms. The molecule has 1 fully saturated rings. The van der Waals surface area contributed by atoms with Crippen LogP contribution in [0.25, 0.3) is 0 Å². The molecule has 0 aliphatic carbocycles. The minimum absolute atomic E-state index is 0.168. The van der Waals surface area contributed by atoms with E-state index in [1.54, 1.807) is 0 Å². The summed E-state index contributed by atoms with van der Waals surface area (Å²) >= 11 is 0. The first-order chi connectivity index (χ1) is 7.12. The van der Waals surface area contributed by atoms with Crippen LogP contribution in [0.15, 0.2) is 12.7 Å². The Bertz CT molecular complexity index is 261. The van der Waals surface area contributed by atoms with Gasteiger partial charge in [-0.25, -0.2) is 9.59 Å². The first kappa shape index (κ1) is 11.6. The molecule has 0 spiro atoms. The van der Waals surface area contributed by atoms with Crippen LogP contribution < -0.4 is 0 Å². The molecule has 1 aliphatic heterocycles. The standard InChI is InChI=1S/C10H14O5/c1-3-8(11)13-5-10(4-2)6-14-9(12)15-7-10/h3H,1,4-7H2,2H3. The molecular weight excluding hydrogens is 200 g/mol. The van der Waals surface area contributed by atoms with E-state index in [2.05, 4.69) is 6.58 Å². The molecule has 1 heterocycles. The third-order valence-electron chi connectivity index (χ3n) is 2.43. The Morgan fingerprint density at radius 3 is 2.67 bits per heavy atom. The van der Waals surface area contributed by atoms with E-state index in [1.807, 2.05) is 6.92 Å². The zero-order chi connectivity index (χ0) is 11.3. The Morgan fingerprint density at radius 1 is 1.60 bits per heavy atom. The molecule has 0 radical (unpaired) electrons. The largest absolute Gasteiger partial charge is 0.508 e. The van der Waals surface area contributed by atoms with Gasteiger partial charge in [0.2, 0.25) is 0 Å². The fourth-order valence-corrected chi connectivity index (χ4v) is 1.18. The molecule has 0 saturated carbocycles. The van der Waals surface area contributed by atoms with Crippen LogP contribution in [0.3, 0.4) is 0 Å². The van der Waals surface area contributed by atoms with E-state index in [1.165, 1.54) is 0 Å². The third kappa shape index (κ3) is 2.97. The van der Waals surface area contributed by atoms with Crippen molar-refractivity contribution in [3.8, 4) is 0 Å². The van der Waals surface area contributed by atoms with Crippen molar-refractivity contribution in [3.05, 3.63) is 12.7 Å². The number of hydrogen-bond acceptors (Lipinski definition) is 5. The van der Waals surface area contributed by atoms with Gasteiger partial charge in [0, 0.05) is 6.08 Å². The lowest BCUT2D eigenvalue weighted by atomic mass is 9.87. The highest BCUT2D eigenvalue weighted by molar-refractivity contribution is 5.81. The molecule has 0 aromatic rings. The number of hydrogen-bond donors (Lipinski definition) is 0. The van der Waals surface area contributed by atoms with E-state index >= 15 is 0 Å². The van der Waals surface area contributed by atoms with Crippen LogP contribution in [-0.4, -0.2) is 31.9 Å². The summed E-state index contributed by atoms with van der Waals surface area (Å²) in [5, 5.41) is 0. The molecule has 1 saturated heterocycles. The number of rotatable bonds is 4. The Hall–Kier alpha value is -1.52. The summed E-state index contributed by atoms with van der Waals surface area (Å²) in [6.45, 7) is 5.81. The van der Waals surface area contributed by atoms with Gasteiger partial charge in [0.05, 0.1) is 5.41 Å². The van der Waals surface area contributed by atoms with Crippen LogP contribution in [0.5, 0.6) is 0 Å². The maximum absolute atomic E-state index is 10.9. The lowest BCUT2D eigenvalue weighted by Gasteiger charge is -2.33. The van der Waals surface area contributed by atoms with Crippen LogP contribution in [0.4, 0.5) is 4.79 Å². The van der Waals surface area contributed by atoms with Crippen molar-refractivity contribution in [2.75, 3.05) is 19.8 Å². The van der Waals surface area contributed by atoms with Crippen molar-refractivity contribution in [3.63, 3.8) is 0 Å². The predicted octanol–water partition coefficient (Wildman–Crippen LogP) is 1.28. The molecule has 1 aliphatic rings. The van der Waals surface area contributed by atoms with Gasteiger partial charge in [-0.1, -0.05) is 13.5 Å². The van der Waals surface area contributed by atoms with Gasteiger partial charge < -0.3 is 14.2 Å². The van der Waals surface area contributed by atoms with Crippen LogP contribution in [0, 0.1) is 5.41 Å². The molecule has 1 rings (SSSR count). The average Bonchev–Trinajstić information content (AvgIpc) is 2.28. The molecule has 5 heteroatoms. The summed E-state index contributed by atoms with van der Waals surface area (Å²) < 4.78 is 14.5. The number of ether oxygens (including phenoxy) is 3. The van der Waals surface area contributed by atoms with Gasteiger partial charge in [-0.2, -0.15) is 0 Å². The average molecular weight is 214 g/mol. The second kappa shape index (κ2) is 4.82. The summed E-state index contributed by atoms with van der Waals surface area (Å²) in [6.07, 6.45) is 1.12. The normalized spacial score (nSPS) is 18.6. The van der Waals surface area contributed by atoms with Gasteiger partial charge in [-0.15, -0.1) is 0 Å². The molecule has 0 bridgehead atoms. The minimum Gasteiger partial charge on any atom is -0.462 e. The second-order valence-corrected chi connectivity index (χ2v) is 3.49. The van der Waals surface area contributed by atoms with Gasteiger partial charge >= 0.3 is 12.1 Å². The summed E-state index contributed by atoms with van der Waals surface area (Å²) in [5.41, 5.74) is -0.424. The molecule has 0 unspecified atom stereocenters. The molecule has 5 nitrogen and oxygen atoms in total. The fourth-order valence-electron chi connectivity index (χ4n) is 1.18. The van der Waals surface area contributed by atoms with Crippen molar-refractivity contribution in [2.24, 2.45) is 5.41 Å².